The van der Waals surface area contributed by atoms with Crippen molar-refractivity contribution >= 4 is 22.1 Å². The second-order valence-corrected chi connectivity index (χ2v) is 10.7. The fraction of sp³-hybridized carbons (Fsp3) is 0.571. The van der Waals surface area contributed by atoms with Gasteiger partial charge >= 0.3 is 0 Å². The third-order valence-corrected chi connectivity index (χ3v) is 9.35. The van der Waals surface area contributed by atoms with Crippen molar-refractivity contribution in [3.63, 3.8) is 0 Å². The first-order valence-electron chi connectivity index (χ1n) is 9.93. The molecule has 1 N–H and O–H groups in total. The first-order valence-corrected chi connectivity index (χ1v) is 11.4. The van der Waals surface area contributed by atoms with Gasteiger partial charge in [0.05, 0.1) is 10.6 Å². The molecule has 3 atom stereocenters. The predicted octanol–water partition coefficient (Wildman–Crippen LogP) is 3.58. The van der Waals surface area contributed by atoms with Gasteiger partial charge in [-0.25, -0.2) is 8.42 Å². The van der Waals surface area contributed by atoms with E-state index >= 15 is 0 Å². The molecule has 5 aliphatic rings. The highest BCUT2D eigenvalue weighted by Gasteiger charge is 2.60. The zero-order valence-electron chi connectivity index (χ0n) is 15.5. The van der Waals surface area contributed by atoms with Crippen molar-refractivity contribution in [1.29, 1.82) is 0 Å². The average Bonchev–Trinajstić information content (AvgIpc) is 2.65. The quantitative estimate of drug-likeness (QED) is 0.805. The molecule has 6 heteroatoms. The van der Waals surface area contributed by atoms with E-state index in [1.807, 2.05) is 0 Å². The number of fused-ring (bicyclic) bond motifs is 1. The van der Waals surface area contributed by atoms with Crippen molar-refractivity contribution in [3.8, 4) is 0 Å². The Bertz CT molecular complexity index is 937. The third kappa shape index (κ3) is 2.16. The van der Waals surface area contributed by atoms with Gasteiger partial charge in [0.2, 0.25) is 0 Å². The minimum Gasteiger partial charge on any atom is -0.505 e. The minimum atomic E-state index is -3.73. The largest absolute Gasteiger partial charge is 0.505 e. The van der Waals surface area contributed by atoms with Crippen molar-refractivity contribution in [2.24, 2.45) is 29.1 Å². The van der Waals surface area contributed by atoms with Crippen molar-refractivity contribution in [2.45, 2.75) is 43.9 Å². The smallest absolute Gasteiger partial charge is 0.264 e. The van der Waals surface area contributed by atoms with Gasteiger partial charge in [0.1, 0.15) is 12.0 Å². The van der Waals surface area contributed by atoms with E-state index in [4.69, 9.17) is 0 Å². The van der Waals surface area contributed by atoms with Crippen LogP contribution in [0.15, 0.2) is 34.9 Å². The Morgan fingerprint density at radius 3 is 2.48 bits per heavy atom. The van der Waals surface area contributed by atoms with Crippen LogP contribution < -0.4 is 0 Å². The Morgan fingerprint density at radius 2 is 1.85 bits per heavy atom. The molecule has 5 nitrogen and oxygen atoms in total. The van der Waals surface area contributed by atoms with E-state index in [0.29, 0.717) is 23.1 Å². The van der Waals surface area contributed by atoms with Crippen LogP contribution in [0.25, 0.3) is 5.76 Å². The second-order valence-electron chi connectivity index (χ2n) is 8.84. The summed E-state index contributed by atoms with van der Waals surface area (Å²) in [7, 11) is -3.73. The number of hydrogen-bond acceptors (Lipinski definition) is 4. The van der Waals surface area contributed by atoms with Crippen LogP contribution in [-0.4, -0.2) is 30.7 Å². The van der Waals surface area contributed by atoms with Gasteiger partial charge in [0.15, 0.2) is 0 Å². The summed E-state index contributed by atoms with van der Waals surface area (Å²) in [5.41, 5.74) is 0.298. The summed E-state index contributed by atoms with van der Waals surface area (Å²) in [6.45, 7) is 2.05. The lowest BCUT2D eigenvalue weighted by molar-refractivity contribution is -0.141. The molecule has 1 heterocycles. The van der Waals surface area contributed by atoms with Crippen LogP contribution in [-0.2, 0) is 14.8 Å². The lowest BCUT2D eigenvalue weighted by Crippen LogP contribution is -2.56. The monoisotopic (exact) mass is 387 g/mol. The molecule has 4 bridgehead atoms. The lowest BCUT2D eigenvalue weighted by Gasteiger charge is -2.60. The number of aliphatic hydroxyl groups is 1. The summed E-state index contributed by atoms with van der Waals surface area (Å²) in [6, 6.07) is 6.64. The number of hydrogen-bond donors (Lipinski definition) is 1. The highest BCUT2D eigenvalue weighted by Crippen LogP contribution is 2.65. The molecule has 3 unspecified atom stereocenters. The van der Waals surface area contributed by atoms with Crippen molar-refractivity contribution in [3.05, 3.63) is 35.5 Å². The highest BCUT2D eigenvalue weighted by atomic mass is 32.2. The first kappa shape index (κ1) is 17.3. The Labute approximate surface area is 160 Å². The number of benzene rings is 1. The van der Waals surface area contributed by atoms with E-state index in [2.05, 4.69) is 0 Å². The van der Waals surface area contributed by atoms with Crippen molar-refractivity contribution in [1.82, 2.24) is 4.31 Å². The van der Waals surface area contributed by atoms with Gasteiger partial charge in [-0.05, 0) is 68.9 Å². The molecule has 0 saturated heterocycles. The van der Waals surface area contributed by atoms with Gasteiger partial charge < -0.3 is 9.90 Å². The molecule has 144 valence electrons. The summed E-state index contributed by atoms with van der Waals surface area (Å²) in [5.74, 6) is 1.23. The molecule has 1 aromatic rings. The van der Waals surface area contributed by atoms with Crippen LogP contribution in [0.3, 0.4) is 0 Å². The lowest BCUT2D eigenvalue weighted by atomic mass is 9.45. The van der Waals surface area contributed by atoms with Gasteiger partial charge in [-0.15, -0.1) is 0 Å². The van der Waals surface area contributed by atoms with E-state index in [1.54, 1.807) is 31.2 Å². The minimum absolute atomic E-state index is 0.0426. The molecule has 1 aromatic carbocycles. The molecule has 4 saturated carbocycles. The standard InChI is InChI=1S/C21H25NO4S/c1-2-22-19(20(24)16-5-3-4-6-17(16)27(22,25)26)18-15-8-13-7-14(9-15)11-21(18,10-13)12-23/h3-6,12-15,18,24H,2,7-11H2,1H3. The molecule has 0 spiro atoms. The summed E-state index contributed by atoms with van der Waals surface area (Å²) >= 11 is 0. The fourth-order valence-corrected chi connectivity index (χ4v) is 8.53. The van der Waals surface area contributed by atoms with Crippen molar-refractivity contribution < 1.29 is 18.3 Å². The SMILES string of the molecule is CCN1C(C2C3CC4CC(C3)CC2(C=O)C4)=C(O)c2ccccc2S1(=O)=O. The highest BCUT2D eigenvalue weighted by molar-refractivity contribution is 7.89. The number of aliphatic hydroxyl groups excluding tert-OH is 1. The van der Waals surface area contributed by atoms with E-state index in [0.717, 1.165) is 32.0 Å². The fourth-order valence-electron chi connectivity index (χ4n) is 6.80. The van der Waals surface area contributed by atoms with Gasteiger partial charge in [-0.2, -0.15) is 0 Å². The maximum absolute atomic E-state index is 13.3. The summed E-state index contributed by atoms with van der Waals surface area (Å²) in [6.07, 6.45) is 6.00. The summed E-state index contributed by atoms with van der Waals surface area (Å²) in [5, 5.41) is 11.2. The molecular weight excluding hydrogens is 362 g/mol. The summed E-state index contributed by atoms with van der Waals surface area (Å²) in [4.78, 5) is 12.5. The average molecular weight is 388 g/mol. The van der Waals surface area contributed by atoms with E-state index in [-0.39, 0.29) is 29.0 Å². The number of carbonyl (C=O) groups excluding carboxylic acids is 1. The van der Waals surface area contributed by atoms with Gasteiger partial charge in [-0.1, -0.05) is 12.1 Å². The molecule has 4 aliphatic carbocycles. The van der Waals surface area contributed by atoms with E-state index in [9.17, 15) is 18.3 Å². The zero-order valence-corrected chi connectivity index (χ0v) is 16.3. The van der Waals surface area contributed by atoms with Crippen LogP contribution in [0.2, 0.25) is 0 Å². The molecule has 6 rings (SSSR count). The molecule has 27 heavy (non-hydrogen) atoms. The van der Waals surface area contributed by atoms with E-state index < -0.39 is 15.4 Å². The first-order chi connectivity index (χ1) is 12.9. The van der Waals surface area contributed by atoms with Crippen LogP contribution in [0, 0.1) is 29.1 Å². The number of rotatable bonds is 3. The van der Waals surface area contributed by atoms with Gasteiger partial charge in [-0.3, -0.25) is 4.31 Å². The number of allylic oxidation sites excluding steroid dienone is 1. The Morgan fingerprint density at radius 1 is 1.19 bits per heavy atom. The number of aldehydes is 1. The van der Waals surface area contributed by atoms with Crippen LogP contribution in [0.4, 0.5) is 0 Å². The molecule has 1 aliphatic heterocycles. The van der Waals surface area contributed by atoms with Gasteiger partial charge in [0, 0.05) is 23.4 Å². The normalized spacial score (nSPS) is 38.8. The Balaban J connectivity index is 1.75. The third-order valence-electron chi connectivity index (χ3n) is 7.41. The van der Waals surface area contributed by atoms with Crippen LogP contribution >= 0.6 is 0 Å². The molecule has 0 radical (unpaired) electrons. The maximum Gasteiger partial charge on any atom is 0.264 e. The zero-order chi connectivity index (χ0) is 19.0. The topological polar surface area (TPSA) is 74.7 Å². The molecule has 4 fully saturated rings. The summed E-state index contributed by atoms with van der Waals surface area (Å²) < 4.78 is 28.0. The number of carbonyl (C=O) groups is 1. The molecule has 0 aromatic heterocycles. The predicted molar refractivity (Wildman–Crippen MR) is 101 cm³/mol. The molecular formula is C21H25NO4S. The number of sulfonamides is 1. The Hall–Kier alpha value is -1.82. The van der Waals surface area contributed by atoms with Crippen LogP contribution in [0.5, 0.6) is 0 Å². The second kappa shape index (κ2) is 5.60. The van der Waals surface area contributed by atoms with Crippen LogP contribution in [0.1, 0.15) is 44.6 Å². The van der Waals surface area contributed by atoms with Crippen molar-refractivity contribution in [2.75, 3.05) is 6.54 Å². The Kier molecular flexibility index (Phi) is 3.58. The van der Waals surface area contributed by atoms with E-state index in [1.165, 1.54) is 10.7 Å². The molecule has 0 amide bonds. The maximum atomic E-state index is 13.3. The number of nitrogens with zero attached hydrogens (tertiary/aromatic N) is 1. The van der Waals surface area contributed by atoms with Gasteiger partial charge in [0.25, 0.3) is 10.0 Å².